The van der Waals surface area contributed by atoms with E-state index in [1.807, 2.05) is 31.2 Å². The summed E-state index contributed by atoms with van der Waals surface area (Å²) in [6, 6.07) is 5.95. The van der Waals surface area contributed by atoms with Crippen LogP contribution in [0, 0.1) is 0 Å². The summed E-state index contributed by atoms with van der Waals surface area (Å²) in [6.07, 6.45) is 1.89. The highest BCUT2D eigenvalue weighted by molar-refractivity contribution is 5.99. The number of nitrogens with zero attached hydrogens (tertiary/aromatic N) is 1. The van der Waals surface area contributed by atoms with Crippen LogP contribution in [0.2, 0.25) is 0 Å². The molecule has 25 heavy (non-hydrogen) atoms. The first-order chi connectivity index (χ1) is 12.2. The molecule has 6 heteroatoms. The van der Waals surface area contributed by atoms with Gasteiger partial charge in [0.1, 0.15) is 18.1 Å². The van der Waals surface area contributed by atoms with Crippen molar-refractivity contribution < 1.29 is 19.0 Å². The molecule has 6 nitrogen and oxygen atoms in total. The Balaban J connectivity index is 1.59. The summed E-state index contributed by atoms with van der Waals surface area (Å²) in [5, 5.41) is 3.02. The van der Waals surface area contributed by atoms with Gasteiger partial charge in [0.2, 0.25) is 0 Å². The highest BCUT2D eigenvalue weighted by Gasteiger charge is 2.20. The summed E-state index contributed by atoms with van der Waals surface area (Å²) in [5.74, 6) is 1.48. The maximum absolute atomic E-state index is 12.5. The molecule has 1 amide bonds. The molecular weight excluding hydrogens is 320 g/mol. The number of amides is 1. The fourth-order valence-electron chi connectivity index (χ4n) is 3.04. The first-order valence-electron chi connectivity index (χ1n) is 8.87. The molecule has 0 bridgehead atoms. The van der Waals surface area contributed by atoms with Crippen molar-refractivity contribution in [2.24, 2.45) is 0 Å². The number of morpholine rings is 1. The van der Waals surface area contributed by atoms with Crippen LogP contribution < -0.4 is 14.8 Å². The molecule has 0 spiro atoms. The summed E-state index contributed by atoms with van der Waals surface area (Å²) in [7, 11) is 0. The van der Waals surface area contributed by atoms with E-state index >= 15 is 0 Å². The predicted molar refractivity (Wildman–Crippen MR) is 95.9 cm³/mol. The smallest absolute Gasteiger partial charge is 0.250 e. The van der Waals surface area contributed by atoms with Crippen LogP contribution in [0.15, 0.2) is 23.8 Å². The molecule has 1 atom stereocenters. The van der Waals surface area contributed by atoms with Crippen molar-refractivity contribution in [1.82, 2.24) is 10.2 Å². The lowest BCUT2D eigenvalue weighted by Crippen LogP contribution is -2.47. The zero-order valence-corrected chi connectivity index (χ0v) is 14.9. The third-order valence-corrected chi connectivity index (χ3v) is 4.52. The molecule has 2 aliphatic heterocycles. The first-order valence-corrected chi connectivity index (χ1v) is 8.87. The Morgan fingerprint density at radius 2 is 2.16 bits per heavy atom. The summed E-state index contributed by atoms with van der Waals surface area (Å²) in [6.45, 7) is 8.93. The molecule has 2 aliphatic rings. The average molecular weight is 346 g/mol. The van der Waals surface area contributed by atoms with Gasteiger partial charge in [-0.3, -0.25) is 9.69 Å². The molecule has 1 fully saturated rings. The van der Waals surface area contributed by atoms with E-state index in [0.717, 1.165) is 43.4 Å². The van der Waals surface area contributed by atoms with Gasteiger partial charge in [0.15, 0.2) is 0 Å². The highest BCUT2D eigenvalue weighted by Crippen LogP contribution is 2.30. The first kappa shape index (κ1) is 17.8. The number of rotatable bonds is 6. The van der Waals surface area contributed by atoms with Crippen molar-refractivity contribution in [3.63, 3.8) is 0 Å². The summed E-state index contributed by atoms with van der Waals surface area (Å²) < 4.78 is 16.6. The average Bonchev–Trinajstić information content (AvgIpc) is 2.66. The zero-order valence-electron chi connectivity index (χ0n) is 14.9. The predicted octanol–water partition coefficient (Wildman–Crippen LogP) is 1.70. The Kier molecular flexibility index (Phi) is 5.94. The number of nitrogens with one attached hydrogen (secondary N) is 1. The molecular formula is C19H26N2O4. The van der Waals surface area contributed by atoms with Crippen LogP contribution in [0.1, 0.15) is 19.4 Å². The number of carbonyl (C=O) groups is 1. The van der Waals surface area contributed by atoms with Gasteiger partial charge in [-0.2, -0.15) is 0 Å². The molecule has 0 saturated carbocycles. The van der Waals surface area contributed by atoms with Gasteiger partial charge in [-0.15, -0.1) is 0 Å². The van der Waals surface area contributed by atoms with E-state index in [0.29, 0.717) is 25.3 Å². The van der Waals surface area contributed by atoms with Crippen LogP contribution in [-0.2, 0) is 9.53 Å². The second kappa shape index (κ2) is 8.36. The summed E-state index contributed by atoms with van der Waals surface area (Å²) in [4.78, 5) is 14.8. The third kappa shape index (κ3) is 4.52. The SMILES string of the molecule is CCOc1ccc2c(c1)C=C(C(=O)NC[C@@H](C)N1CCOCC1)CO2. The number of fused-ring (bicyclic) bond motifs is 1. The Labute approximate surface area is 148 Å². The largest absolute Gasteiger partial charge is 0.494 e. The van der Waals surface area contributed by atoms with E-state index in [1.165, 1.54) is 0 Å². The molecule has 1 aromatic carbocycles. The minimum absolute atomic E-state index is 0.0763. The monoisotopic (exact) mass is 346 g/mol. The Morgan fingerprint density at radius 1 is 1.36 bits per heavy atom. The second-order valence-corrected chi connectivity index (χ2v) is 6.30. The number of ether oxygens (including phenoxy) is 3. The number of hydrogen-bond acceptors (Lipinski definition) is 5. The van der Waals surface area contributed by atoms with Crippen LogP contribution in [0.25, 0.3) is 6.08 Å². The minimum atomic E-state index is -0.0763. The molecule has 136 valence electrons. The van der Waals surface area contributed by atoms with Crippen molar-refractivity contribution >= 4 is 12.0 Å². The van der Waals surface area contributed by atoms with Crippen molar-refractivity contribution in [1.29, 1.82) is 0 Å². The van der Waals surface area contributed by atoms with E-state index in [2.05, 4.69) is 17.1 Å². The van der Waals surface area contributed by atoms with E-state index in [9.17, 15) is 4.79 Å². The Bertz CT molecular complexity index is 638. The van der Waals surface area contributed by atoms with Crippen molar-refractivity contribution in [2.75, 3.05) is 46.1 Å². The minimum Gasteiger partial charge on any atom is -0.494 e. The van der Waals surface area contributed by atoms with Crippen LogP contribution in [0.4, 0.5) is 0 Å². The second-order valence-electron chi connectivity index (χ2n) is 6.30. The van der Waals surface area contributed by atoms with E-state index in [1.54, 1.807) is 0 Å². The number of benzene rings is 1. The van der Waals surface area contributed by atoms with Gasteiger partial charge in [-0.1, -0.05) is 0 Å². The topological polar surface area (TPSA) is 60.0 Å². The maximum atomic E-state index is 12.5. The zero-order chi connectivity index (χ0) is 17.6. The van der Waals surface area contributed by atoms with Gasteiger partial charge in [0, 0.05) is 31.2 Å². The van der Waals surface area contributed by atoms with Gasteiger partial charge in [-0.25, -0.2) is 0 Å². The van der Waals surface area contributed by atoms with Gasteiger partial charge in [0.05, 0.1) is 25.4 Å². The van der Waals surface area contributed by atoms with E-state index < -0.39 is 0 Å². The molecule has 0 unspecified atom stereocenters. The van der Waals surface area contributed by atoms with Crippen molar-refractivity contribution in [2.45, 2.75) is 19.9 Å². The lowest BCUT2D eigenvalue weighted by atomic mass is 10.1. The quantitative estimate of drug-likeness (QED) is 0.850. The van der Waals surface area contributed by atoms with Crippen LogP contribution >= 0.6 is 0 Å². The molecule has 0 radical (unpaired) electrons. The molecule has 1 aromatic rings. The molecule has 1 N–H and O–H groups in total. The van der Waals surface area contributed by atoms with E-state index in [-0.39, 0.29) is 11.9 Å². The Morgan fingerprint density at radius 3 is 2.92 bits per heavy atom. The molecule has 3 rings (SSSR count). The third-order valence-electron chi connectivity index (χ3n) is 4.52. The fraction of sp³-hybridized carbons (Fsp3) is 0.526. The summed E-state index contributed by atoms with van der Waals surface area (Å²) in [5.41, 5.74) is 1.51. The number of carbonyl (C=O) groups excluding carboxylic acids is 1. The number of hydrogen-bond donors (Lipinski definition) is 1. The Hall–Kier alpha value is -2.05. The van der Waals surface area contributed by atoms with Crippen LogP contribution in [-0.4, -0.2) is 62.9 Å². The lowest BCUT2D eigenvalue weighted by Gasteiger charge is -2.32. The maximum Gasteiger partial charge on any atom is 0.250 e. The van der Waals surface area contributed by atoms with Crippen molar-refractivity contribution in [3.05, 3.63) is 29.3 Å². The normalized spacial score (nSPS) is 18.6. The van der Waals surface area contributed by atoms with Gasteiger partial charge < -0.3 is 19.5 Å². The fourth-order valence-corrected chi connectivity index (χ4v) is 3.04. The molecule has 0 aliphatic carbocycles. The van der Waals surface area contributed by atoms with E-state index in [4.69, 9.17) is 14.2 Å². The van der Waals surface area contributed by atoms with Gasteiger partial charge in [-0.05, 0) is 38.1 Å². The lowest BCUT2D eigenvalue weighted by molar-refractivity contribution is -0.118. The van der Waals surface area contributed by atoms with Crippen LogP contribution in [0.5, 0.6) is 11.5 Å². The molecule has 1 saturated heterocycles. The van der Waals surface area contributed by atoms with Crippen molar-refractivity contribution in [3.8, 4) is 11.5 Å². The molecule has 2 heterocycles. The molecule has 0 aromatic heterocycles. The van der Waals surface area contributed by atoms with Gasteiger partial charge in [0.25, 0.3) is 5.91 Å². The highest BCUT2D eigenvalue weighted by atomic mass is 16.5. The van der Waals surface area contributed by atoms with Gasteiger partial charge >= 0.3 is 0 Å². The van der Waals surface area contributed by atoms with Crippen LogP contribution in [0.3, 0.4) is 0 Å². The summed E-state index contributed by atoms with van der Waals surface area (Å²) >= 11 is 0. The standard InChI is InChI=1S/C19H26N2O4/c1-3-24-17-4-5-18-15(11-17)10-16(13-25-18)19(22)20-12-14(2)21-6-8-23-9-7-21/h4-5,10-11,14H,3,6-9,12-13H2,1-2H3,(H,20,22)/t14-/m1/s1.